The van der Waals surface area contributed by atoms with Crippen molar-refractivity contribution in [1.29, 1.82) is 0 Å². The minimum absolute atomic E-state index is 0.0949. The van der Waals surface area contributed by atoms with Crippen LogP contribution in [-0.4, -0.2) is 47.4 Å². The molecule has 0 bridgehead atoms. The molecule has 5 heteroatoms. The molecule has 23 heavy (non-hydrogen) atoms. The van der Waals surface area contributed by atoms with Crippen molar-refractivity contribution in [3.8, 4) is 0 Å². The van der Waals surface area contributed by atoms with Crippen molar-refractivity contribution in [3.05, 3.63) is 35.8 Å². The van der Waals surface area contributed by atoms with Crippen LogP contribution < -0.4 is 0 Å². The van der Waals surface area contributed by atoms with Gasteiger partial charge in [0.1, 0.15) is 11.4 Å². The molecule has 0 saturated carbocycles. The summed E-state index contributed by atoms with van der Waals surface area (Å²) in [5, 5.41) is 0.634. The van der Waals surface area contributed by atoms with E-state index in [1.54, 1.807) is 12.1 Å². The number of carbonyl (C=O) groups excluding carboxylic acids is 1. The first kappa shape index (κ1) is 14.7. The minimum atomic E-state index is -0.319. The monoisotopic (exact) mass is 316 g/mol. The van der Waals surface area contributed by atoms with Crippen molar-refractivity contribution in [2.45, 2.75) is 38.3 Å². The zero-order valence-corrected chi connectivity index (χ0v) is 13.3. The Morgan fingerprint density at radius 1 is 1.26 bits per heavy atom. The maximum Gasteiger partial charge on any atom is 0.289 e. The summed E-state index contributed by atoms with van der Waals surface area (Å²) in [4.78, 5) is 16.9. The van der Waals surface area contributed by atoms with Gasteiger partial charge in [0.15, 0.2) is 5.76 Å². The molecule has 2 fully saturated rings. The van der Waals surface area contributed by atoms with Crippen molar-refractivity contribution >= 4 is 16.9 Å². The number of nitrogens with zero attached hydrogens (tertiary/aromatic N) is 2. The van der Waals surface area contributed by atoms with Gasteiger partial charge in [-0.05, 0) is 50.6 Å². The van der Waals surface area contributed by atoms with Gasteiger partial charge in [0.2, 0.25) is 0 Å². The molecule has 0 unspecified atom stereocenters. The molecule has 2 aliphatic rings. The number of carbonyl (C=O) groups is 1. The summed E-state index contributed by atoms with van der Waals surface area (Å²) in [5.41, 5.74) is 0.552. The van der Waals surface area contributed by atoms with E-state index in [1.165, 1.54) is 31.4 Å². The number of benzene rings is 1. The topological polar surface area (TPSA) is 36.7 Å². The Balaban J connectivity index is 1.44. The SMILES string of the molecule is C[C@H]1CCCCN1C1CN(C(=O)c2cc3cc(F)ccc3o2)C1. The third-order valence-corrected chi connectivity index (χ3v) is 5.16. The van der Waals surface area contributed by atoms with Crippen molar-refractivity contribution in [1.82, 2.24) is 9.80 Å². The van der Waals surface area contributed by atoms with Gasteiger partial charge in [-0.3, -0.25) is 9.69 Å². The van der Waals surface area contributed by atoms with Crippen molar-refractivity contribution in [3.63, 3.8) is 0 Å². The van der Waals surface area contributed by atoms with Crippen molar-refractivity contribution in [2.24, 2.45) is 0 Å². The first-order valence-electron chi connectivity index (χ1n) is 8.36. The number of piperidine rings is 1. The van der Waals surface area contributed by atoms with Crippen LogP contribution in [0.25, 0.3) is 11.0 Å². The summed E-state index contributed by atoms with van der Waals surface area (Å²) in [7, 11) is 0. The van der Waals surface area contributed by atoms with Crippen molar-refractivity contribution in [2.75, 3.05) is 19.6 Å². The van der Waals surface area contributed by atoms with E-state index in [9.17, 15) is 9.18 Å². The quantitative estimate of drug-likeness (QED) is 0.853. The number of amides is 1. The number of rotatable bonds is 2. The van der Waals surface area contributed by atoms with E-state index in [0.29, 0.717) is 28.8 Å². The Hall–Kier alpha value is -1.88. The van der Waals surface area contributed by atoms with E-state index in [1.807, 2.05) is 4.90 Å². The van der Waals surface area contributed by atoms with E-state index in [-0.39, 0.29) is 11.7 Å². The third-order valence-electron chi connectivity index (χ3n) is 5.16. The highest BCUT2D eigenvalue weighted by Crippen LogP contribution is 2.27. The molecule has 1 aromatic heterocycles. The molecule has 3 heterocycles. The van der Waals surface area contributed by atoms with Crippen LogP contribution in [0.15, 0.2) is 28.7 Å². The van der Waals surface area contributed by atoms with E-state index in [2.05, 4.69) is 11.8 Å². The van der Waals surface area contributed by atoms with Gasteiger partial charge in [-0.15, -0.1) is 0 Å². The molecule has 0 spiro atoms. The number of hydrogen-bond donors (Lipinski definition) is 0. The van der Waals surface area contributed by atoms with Gasteiger partial charge in [-0.1, -0.05) is 6.42 Å². The van der Waals surface area contributed by atoms with Crippen LogP contribution in [0.4, 0.5) is 4.39 Å². The standard InChI is InChI=1S/C18H21FN2O2/c1-12-4-2-3-7-21(12)15-10-20(11-15)18(22)17-9-13-8-14(19)5-6-16(13)23-17/h5-6,8-9,12,15H,2-4,7,10-11H2,1H3/t12-/m0/s1. The highest BCUT2D eigenvalue weighted by molar-refractivity contribution is 5.96. The molecular weight excluding hydrogens is 295 g/mol. The summed E-state index contributed by atoms with van der Waals surface area (Å²) < 4.78 is 18.8. The molecule has 2 saturated heterocycles. The van der Waals surface area contributed by atoms with Gasteiger partial charge >= 0.3 is 0 Å². The molecule has 1 atom stereocenters. The Morgan fingerprint density at radius 3 is 2.87 bits per heavy atom. The zero-order chi connectivity index (χ0) is 16.0. The summed E-state index contributed by atoms with van der Waals surface area (Å²) in [5.74, 6) is -0.112. The molecule has 2 aromatic rings. The van der Waals surface area contributed by atoms with Crippen LogP contribution in [0, 0.1) is 5.82 Å². The van der Waals surface area contributed by atoms with Gasteiger partial charge in [0.05, 0.1) is 0 Å². The lowest BCUT2D eigenvalue weighted by Gasteiger charge is -2.48. The molecule has 0 N–H and O–H groups in total. The van der Waals surface area contributed by atoms with Crippen LogP contribution >= 0.6 is 0 Å². The van der Waals surface area contributed by atoms with Crippen LogP contribution in [0.3, 0.4) is 0 Å². The molecule has 4 rings (SSSR count). The zero-order valence-electron chi connectivity index (χ0n) is 13.3. The van der Waals surface area contributed by atoms with Gasteiger partial charge in [0, 0.05) is 30.6 Å². The van der Waals surface area contributed by atoms with Crippen LogP contribution in [-0.2, 0) is 0 Å². The Bertz CT molecular complexity index is 736. The highest BCUT2D eigenvalue weighted by atomic mass is 19.1. The van der Waals surface area contributed by atoms with E-state index in [0.717, 1.165) is 19.6 Å². The van der Waals surface area contributed by atoms with Gasteiger partial charge in [0.25, 0.3) is 5.91 Å². The van der Waals surface area contributed by atoms with E-state index >= 15 is 0 Å². The molecule has 1 amide bonds. The average molecular weight is 316 g/mol. The molecule has 0 radical (unpaired) electrons. The lowest BCUT2D eigenvalue weighted by Crippen LogP contribution is -2.63. The predicted octanol–water partition coefficient (Wildman–Crippen LogP) is 3.27. The summed E-state index contributed by atoms with van der Waals surface area (Å²) in [6, 6.07) is 7.02. The van der Waals surface area contributed by atoms with Gasteiger partial charge in [-0.25, -0.2) is 4.39 Å². The summed E-state index contributed by atoms with van der Waals surface area (Å²) in [6.45, 7) is 4.93. The lowest BCUT2D eigenvalue weighted by molar-refractivity contribution is 0.000641. The number of likely N-dealkylation sites (tertiary alicyclic amines) is 2. The number of halogens is 1. The minimum Gasteiger partial charge on any atom is -0.451 e. The summed E-state index contributed by atoms with van der Waals surface area (Å²) >= 11 is 0. The largest absolute Gasteiger partial charge is 0.451 e. The lowest BCUT2D eigenvalue weighted by atomic mass is 9.97. The highest BCUT2D eigenvalue weighted by Gasteiger charge is 2.38. The van der Waals surface area contributed by atoms with Crippen LogP contribution in [0.1, 0.15) is 36.7 Å². The maximum atomic E-state index is 13.2. The van der Waals surface area contributed by atoms with Crippen LogP contribution in [0.2, 0.25) is 0 Å². The Kier molecular flexibility index (Phi) is 3.60. The normalized spacial score (nSPS) is 23.2. The smallest absolute Gasteiger partial charge is 0.289 e. The average Bonchev–Trinajstić information content (AvgIpc) is 2.90. The fraction of sp³-hybridized carbons (Fsp3) is 0.500. The van der Waals surface area contributed by atoms with Gasteiger partial charge < -0.3 is 9.32 Å². The predicted molar refractivity (Wildman–Crippen MR) is 85.9 cm³/mol. The maximum absolute atomic E-state index is 13.2. The second-order valence-electron chi connectivity index (χ2n) is 6.74. The molecule has 1 aromatic carbocycles. The summed E-state index contributed by atoms with van der Waals surface area (Å²) in [6.07, 6.45) is 3.81. The fourth-order valence-corrected chi connectivity index (χ4v) is 3.77. The molecule has 0 aliphatic carbocycles. The Labute approximate surface area is 134 Å². The molecular formula is C18H21FN2O2. The molecule has 4 nitrogen and oxygen atoms in total. The van der Waals surface area contributed by atoms with Crippen LogP contribution in [0.5, 0.6) is 0 Å². The molecule has 2 aliphatic heterocycles. The fourth-order valence-electron chi connectivity index (χ4n) is 3.77. The first-order chi connectivity index (χ1) is 11.1. The number of fused-ring (bicyclic) bond motifs is 1. The second kappa shape index (κ2) is 5.64. The van der Waals surface area contributed by atoms with Gasteiger partial charge in [-0.2, -0.15) is 0 Å². The van der Waals surface area contributed by atoms with E-state index < -0.39 is 0 Å². The number of furan rings is 1. The second-order valence-corrected chi connectivity index (χ2v) is 6.74. The van der Waals surface area contributed by atoms with E-state index in [4.69, 9.17) is 4.42 Å². The van der Waals surface area contributed by atoms with Crippen molar-refractivity contribution < 1.29 is 13.6 Å². The molecule has 122 valence electrons. The third kappa shape index (κ3) is 2.63. The Morgan fingerprint density at radius 2 is 2.09 bits per heavy atom. The number of hydrogen-bond acceptors (Lipinski definition) is 3. The first-order valence-corrected chi connectivity index (χ1v) is 8.36.